The second-order valence-electron chi connectivity index (χ2n) is 7.30. The molecule has 2 heterocycles. The van der Waals surface area contributed by atoms with Crippen LogP contribution in [0.4, 0.5) is 13.2 Å². The zero-order valence-electron chi connectivity index (χ0n) is 17.4. The Balaban J connectivity index is 1.72. The summed E-state index contributed by atoms with van der Waals surface area (Å²) >= 11 is 0. The summed E-state index contributed by atoms with van der Waals surface area (Å²) in [6.45, 7) is 2.08. The molecular weight excluding hydrogens is 431 g/mol. The van der Waals surface area contributed by atoms with Gasteiger partial charge in [0.2, 0.25) is 11.7 Å². The van der Waals surface area contributed by atoms with Crippen molar-refractivity contribution in [2.75, 3.05) is 19.8 Å². The van der Waals surface area contributed by atoms with E-state index in [1.807, 2.05) is 0 Å². The lowest BCUT2D eigenvalue weighted by Gasteiger charge is -2.21. The normalized spacial score (nSPS) is 16.2. The first kappa shape index (κ1) is 23.4. The number of guanidine groups is 1. The van der Waals surface area contributed by atoms with Gasteiger partial charge in [-0.15, -0.1) is 0 Å². The first-order valence-corrected chi connectivity index (χ1v) is 10.1. The molecule has 3 rings (SSSR count). The molecule has 1 saturated heterocycles. The molecule has 0 amide bonds. The van der Waals surface area contributed by atoms with Crippen LogP contribution in [-0.4, -0.2) is 46.7 Å². The fraction of sp³-hybridized carbons (Fsp3) is 0.500. The number of nitrogens with one attached hydrogen (secondary N) is 1. The van der Waals surface area contributed by atoms with Crippen molar-refractivity contribution < 1.29 is 32.0 Å². The second kappa shape index (κ2) is 9.88. The molecule has 1 aromatic carbocycles. The molecule has 0 unspecified atom stereocenters. The van der Waals surface area contributed by atoms with Gasteiger partial charge in [-0.25, -0.2) is 0 Å². The molecule has 1 aliphatic heterocycles. The van der Waals surface area contributed by atoms with E-state index in [1.165, 1.54) is 19.1 Å². The van der Waals surface area contributed by atoms with Crippen molar-refractivity contribution in [1.82, 2.24) is 15.0 Å². The first-order chi connectivity index (χ1) is 15.2. The number of nitrogens with zero attached hydrogens (tertiary/aromatic N) is 3. The third-order valence-corrected chi connectivity index (χ3v) is 4.93. The van der Waals surface area contributed by atoms with Gasteiger partial charge in [0.1, 0.15) is 11.8 Å². The van der Waals surface area contributed by atoms with Crippen LogP contribution in [0.25, 0.3) is 11.4 Å². The van der Waals surface area contributed by atoms with Gasteiger partial charge in [0.05, 0.1) is 18.8 Å². The van der Waals surface area contributed by atoms with E-state index in [1.54, 1.807) is 4.90 Å². The Morgan fingerprint density at radius 1 is 1.34 bits per heavy atom. The smallest absolute Gasteiger partial charge is 0.419 e. The lowest BCUT2D eigenvalue weighted by molar-refractivity contribution is -0.141. The Morgan fingerprint density at radius 3 is 2.78 bits per heavy atom. The number of unbranched alkanes of at least 4 members (excludes halogenated alkanes) is 1. The van der Waals surface area contributed by atoms with E-state index >= 15 is 0 Å². The minimum atomic E-state index is -4.65. The number of esters is 1. The Kier molecular flexibility index (Phi) is 7.21. The van der Waals surface area contributed by atoms with Crippen LogP contribution in [0.2, 0.25) is 0 Å². The Bertz CT molecular complexity index is 963. The summed E-state index contributed by atoms with van der Waals surface area (Å²) in [6, 6.07) is 3.19. The molecule has 12 heteroatoms. The largest absolute Gasteiger partial charge is 0.493 e. The van der Waals surface area contributed by atoms with Crippen molar-refractivity contribution in [2.45, 2.75) is 44.8 Å². The van der Waals surface area contributed by atoms with Crippen LogP contribution in [0.3, 0.4) is 0 Å². The number of alkyl halides is 3. The van der Waals surface area contributed by atoms with E-state index in [4.69, 9.17) is 25.1 Å². The van der Waals surface area contributed by atoms with Gasteiger partial charge >= 0.3 is 12.1 Å². The number of halogens is 3. The van der Waals surface area contributed by atoms with E-state index in [-0.39, 0.29) is 48.2 Å². The molecule has 0 radical (unpaired) electrons. The summed E-state index contributed by atoms with van der Waals surface area (Å²) in [7, 11) is 0. The van der Waals surface area contributed by atoms with Gasteiger partial charge in [-0.2, -0.15) is 18.2 Å². The molecule has 3 N–H and O–H groups in total. The highest BCUT2D eigenvalue weighted by Gasteiger charge is 2.36. The number of nitrogens with two attached hydrogens (primary N) is 1. The van der Waals surface area contributed by atoms with Crippen LogP contribution in [-0.2, 0) is 15.7 Å². The molecule has 2 aromatic rings. The van der Waals surface area contributed by atoms with E-state index in [0.717, 1.165) is 12.5 Å². The molecule has 1 fully saturated rings. The summed E-state index contributed by atoms with van der Waals surface area (Å²) in [6.07, 6.45) is -2.31. The van der Waals surface area contributed by atoms with Gasteiger partial charge < -0.3 is 24.6 Å². The van der Waals surface area contributed by atoms with Gasteiger partial charge in [-0.05, 0) is 43.9 Å². The van der Waals surface area contributed by atoms with E-state index in [2.05, 4.69) is 10.1 Å². The van der Waals surface area contributed by atoms with Crippen molar-refractivity contribution in [2.24, 2.45) is 5.73 Å². The third kappa shape index (κ3) is 5.68. The SMILES string of the molecule is CC(=O)OCCCCOc1ccc(-c2noc([C@@H]3CCCN3C(=N)N)n2)cc1C(F)(F)F. The number of likely N-dealkylation sites (tertiary alicyclic amines) is 1. The van der Waals surface area contributed by atoms with Crippen molar-refractivity contribution in [3.63, 3.8) is 0 Å². The van der Waals surface area contributed by atoms with Crippen molar-refractivity contribution >= 4 is 11.9 Å². The number of benzene rings is 1. The van der Waals surface area contributed by atoms with Crippen molar-refractivity contribution in [1.29, 1.82) is 5.41 Å². The van der Waals surface area contributed by atoms with Gasteiger partial charge in [0.15, 0.2) is 5.96 Å². The van der Waals surface area contributed by atoms with E-state index < -0.39 is 17.7 Å². The molecule has 1 aliphatic rings. The number of hydrogen-bond donors (Lipinski definition) is 2. The number of ether oxygens (including phenoxy) is 2. The highest BCUT2D eigenvalue weighted by molar-refractivity contribution is 5.75. The minimum absolute atomic E-state index is 0.00818. The number of hydrogen-bond acceptors (Lipinski definition) is 7. The number of aromatic nitrogens is 2. The van der Waals surface area contributed by atoms with Crippen molar-refractivity contribution in [3.8, 4) is 17.1 Å². The molecule has 174 valence electrons. The molecule has 0 saturated carbocycles. The summed E-state index contributed by atoms with van der Waals surface area (Å²) in [5.74, 6) is -0.632. The summed E-state index contributed by atoms with van der Waals surface area (Å²) < 4.78 is 56.2. The number of carbonyl (C=O) groups is 1. The van der Waals surface area contributed by atoms with Crippen LogP contribution < -0.4 is 10.5 Å². The molecule has 0 aliphatic carbocycles. The summed E-state index contributed by atoms with van der Waals surface area (Å²) in [4.78, 5) is 16.6. The van der Waals surface area contributed by atoms with Crippen LogP contribution in [0.5, 0.6) is 5.75 Å². The van der Waals surface area contributed by atoms with Crippen LogP contribution in [0, 0.1) is 5.41 Å². The van der Waals surface area contributed by atoms with Crippen molar-refractivity contribution in [3.05, 3.63) is 29.7 Å². The highest BCUT2D eigenvalue weighted by atomic mass is 19.4. The molecule has 0 spiro atoms. The average Bonchev–Trinajstić information content (AvgIpc) is 3.39. The van der Waals surface area contributed by atoms with E-state index in [0.29, 0.717) is 25.8 Å². The molecule has 0 bridgehead atoms. The lowest BCUT2D eigenvalue weighted by Crippen LogP contribution is -2.35. The molecule has 32 heavy (non-hydrogen) atoms. The summed E-state index contributed by atoms with van der Waals surface area (Å²) in [5, 5.41) is 11.4. The second-order valence-corrected chi connectivity index (χ2v) is 7.30. The number of rotatable bonds is 8. The van der Waals surface area contributed by atoms with Gasteiger partial charge in [0.25, 0.3) is 0 Å². The molecule has 1 atom stereocenters. The Hall–Kier alpha value is -3.31. The maximum Gasteiger partial charge on any atom is 0.419 e. The van der Waals surface area contributed by atoms with Crippen LogP contribution in [0.15, 0.2) is 22.7 Å². The van der Waals surface area contributed by atoms with Crippen LogP contribution in [0.1, 0.15) is 50.1 Å². The standard InChI is InChI=1S/C20H24F3N5O4/c1-12(29)30-9-2-3-10-31-16-7-6-13(11-14(16)20(21,22)23)17-26-18(32-27-17)15-5-4-8-28(15)19(24)25/h6-7,11,15H,2-5,8-10H2,1H3,(H3,24,25)/t15-/m0/s1. The Morgan fingerprint density at radius 2 is 2.09 bits per heavy atom. The topological polar surface area (TPSA) is 128 Å². The maximum absolute atomic E-state index is 13.6. The maximum atomic E-state index is 13.6. The number of carbonyl (C=O) groups excluding carboxylic acids is 1. The fourth-order valence-electron chi connectivity index (χ4n) is 3.42. The van der Waals surface area contributed by atoms with Crippen LogP contribution >= 0.6 is 0 Å². The van der Waals surface area contributed by atoms with Gasteiger partial charge in [-0.3, -0.25) is 10.2 Å². The monoisotopic (exact) mass is 455 g/mol. The average molecular weight is 455 g/mol. The predicted molar refractivity (Wildman–Crippen MR) is 107 cm³/mol. The van der Waals surface area contributed by atoms with E-state index in [9.17, 15) is 18.0 Å². The summed E-state index contributed by atoms with van der Waals surface area (Å²) in [5.41, 5.74) is 4.74. The Labute approximate surface area is 182 Å². The minimum Gasteiger partial charge on any atom is -0.493 e. The van der Waals surface area contributed by atoms with Gasteiger partial charge in [-0.1, -0.05) is 5.16 Å². The zero-order chi connectivity index (χ0) is 23.3. The molecule has 1 aromatic heterocycles. The lowest BCUT2D eigenvalue weighted by atomic mass is 10.1. The fourth-order valence-corrected chi connectivity index (χ4v) is 3.42. The van der Waals surface area contributed by atoms with Gasteiger partial charge in [0, 0.05) is 19.0 Å². The first-order valence-electron chi connectivity index (χ1n) is 10.1. The highest BCUT2D eigenvalue weighted by Crippen LogP contribution is 2.39. The molecular formula is C20H24F3N5O4. The molecule has 9 nitrogen and oxygen atoms in total. The zero-order valence-corrected chi connectivity index (χ0v) is 17.4. The third-order valence-electron chi connectivity index (χ3n) is 4.93. The predicted octanol–water partition coefficient (Wildman–Crippen LogP) is 3.51. The quantitative estimate of drug-likeness (QED) is 0.268.